The number of nitrogens with zero attached hydrogens (tertiary/aromatic N) is 1. The molecule has 2 fully saturated rings. The standard InChI is InChI=1S/C15H28N2O/c1-12-7-9-17(10-8-12)15(18)11-13-3-5-14(16-2)6-4-13/h12-14,16H,3-11H2,1-2H3. The fourth-order valence-electron chi connectivity index (χ4n) is 3.29. The van der Waals surface area contributed by atoms with Gasteiger partial charge in [-0.15, -0.1) is 0 Å². The summed E-state index contributed by atoms with van der Waals surface area (Å²) >= 11 is 0. The van der Waals surface area contributed by atoms with Gasteiger partial charge in [0.25, 0.3) is 0 Å². The van der Waals surface area contributed by atoms with Crippen LogP contribution in [-0.2, 0) is 4.79 Å². The van der Waals surface area contributed by atoms with Crippen LogP contribution in [0.25, 0.3) is 0 Å². The Morgan fingerprint density at radius 1 is 1.11 bits per heavy atom. The number of piperidine rings is 1. The van der Waals surface area contributed by atoms with E-state index in [4.69, 9.17) is 0 Å². The van der Waals surface area contributed by atoms with E-state index in [2.05, 4.69) is 17.1 Å². The molecule has 1 N–H and O–H groups in total. The lowest BCUT2D eigenvalue weighted by molar-refractivity contribution is -0.133. The predicted molar refractivity (Wildman–Crippen MR) is 74.4 cm³/mol. The third kappa shape index (κ3) is 3.71. The Bertz CT molecular complexity index is 264. The summed E-state index contributed by atoms with van der Waals surface area (Å²) in [6.07, 6.45) is 8.11. The lowest BCUT2D eigenvalue weighted by Crippen LogP contribution is -2.39. The van der Waals surface area contributed by atoms with Crippen LogP contribution in [-0.4, -0.2) is 37.0 Å². The number of nitrogens with one attached hydrogen (secondary N) is 1. The molecule has 0 bridgehead atoms. The molecule has 18 heavy (non-hydrogen) atoms. The van der Waals surface area contributed by atoms with Gasteiger partial charge in [-0.1, -0.05) is 6.92 Å². The molecule has 0 aromatic rings. The molecule has 0 unspecified atom stereocenters. The molecule has 0 spiro atoms. The van der Waals surface area contributed by atoms with Gasteiger partial charge >= 0.3 is 0 Å². The number of hydrogen-bond donors (Lipinski definition) is 1. The van der Waals surface area contributed by atoms with Gasteiger partial charge in [0.2, 0.25) is 5.91 Å². The monoisotopic (exact) mass is 252 g/mol. The number of carbonyl (C=O) groups is 1. The van der Waals surface area contributed by atoms with Crippen LogP contribution in [0.15, 0.2) is 0 Å². The normalized spacial score (nSPS) is 30.4. The molecule has 0 aromatic heterocycles. The molecule has 1 saturated heterocycles. The molecule has 2 rings (SSSR count). The van der Waals surface area contributed by atoms with Crippen LogP contribution >= 0.6 is 0 Å². The van der Waals surface area contributed by atoms with Crippen LogP contribution in [0, 0.1) is 11.8 Å². The molecule has 0 atom stereocenters. The van der Waals surface area contributed by atoms with Crippen LogP contribution in [0.3, 0.4) is 0 Å². The first kappa shape index (κ1) is 13.9. The summed E-state index contributed by atoms with van der Waals surface area (Å²) in [5.41, 5.74) is 0. The highest BCUT2D eigenvalue weighted by Crippen LogP contribution is 2.28. The number of amides is 1. The molecule has 0 aromatic carbocycles. The van der Waals surface area contributed by atoms with Crippen molar-refractivity contribution in [2.24, 2.45) is 11.8 Å². The summed E-state index contributed by atoms with van der Waals surface area (Å²) in [7, 11) is 2.05. The molecule has 1 heterocycles. The van der Waals surface area contributed by atoms with E-state index in [1.54, 1.807) is 0 Å². The Hall–Kier alpha value is -0.570. The molecule has 1 amide bonds. The van der Waals surface area contributed by atoms with Crippen molar-refractivity contribution in [3.8, 4) is 0 Å². The summed E-state index contributed by atoms with van der Waals surface area (Å²) in [5.74, 6) is 1.86. The van der Waals surface area contributed by atoms with E-state index in [1.165, 1.54) is 38.5 Å². The molecule has 1 aliphatic heterocycles. The Morgan fingerprint density at radius 3 is 2.28 bits per heavy atom. The summed E-state index contributed by atoms with van der Waals surface area (Å²) < 4.78 is 0. The Balaban J connectivity index is 1.71. The van der Waals surface area contributed by atoms with Gasteiger partial charge in [0.1, 0.15) is 0 Å². The number of rotatable bonds is 3. The van der Waals surface area contributed by atoms with Gasteiger partial charge < -0.3 is 10.2 Å². The van der Waals surface area contributed by atoms with Crippen molar-refractivity contribution >= 4 is 5.91 Å². The Labute approximate surface area is 111 Å². The maximum Gasteiger partial charge on any atom is 0.222 e. The highest BCUT2D eigenvalue weighted by molar-refractivity contribution is 5.76. The topological polar surface area (TPSA) is 32.3 Å². The molecular weight excluding hydrogens is 224 g/mol. The molecular formula is C15H28N2O. The molecule has 3 heteroatoms. The van der Waals surface area contributed by atoms with E-state index < -0.39 is 0 Å². The molecule has 1 saturated carbocycles. The number of likely N-dealkylation sites (tertiary alicyclic amines) is 1. The van der Waals surface area contributed by atoms with Gasteiger partial charge in [0, 0.05) is 25.6 Å². The first-order valence-electron chi connectivity index (χ1n) is 7.64. The molecule has 3 nitrogen and oxygen atoms in total. The quantitative estimate of drug-likeness (QED) is 0.836. The minimum absolute atomic E-state index is 0.412. The average Bonchev–Trinajstić information content (AvgIpc) is 2.40. The van der Waals surface area contributed by atoms with E-state index in [-0.39, 0.29) is 0 Å². The minimum atomic E-state index is 0.412. The highest BCUT2D eigenvalue weighted by Gasteiger charge is 2.26. The second-order valence-electron chi connectivity index (χ2n) is 6.27. The van der Waals surface area contributed by atoms with Gasteiger partial charge in [0.15, 0.2) is 0 Å². The van der Waals surface area contributed by atoms with Crippen molar-refractivity contribution in [1.82, 2.24) is 10.2 Å². The van der Waals surface area contributed by atoms with E-state index in [0.29, 0.717) is 17.9 Å². The van der Waals surface area contributed by atoms with E-state index in [0.717, 1.165) is 25.4 Å². The first-order valence-corrected chi connectivity index (χ1v) is 7.64. The summed E-state index contributed by atoms with van der Waals surface area (Å²) in [6, 6.07) is 0.687. The van der Waals surface area contributed by atoms with Crippen molar-refractivity contribution in [1.29, 1.82) is 0 Å². The Kier molecular flexibility index (Phi) is 5.04. The molecule has 0 radical (unpaired) electrons. The van der Waals surface area contributed by atoms with Crippen LogP contribution in [0.2, 0.25) is 0 Å². The van der Waals surface area contributed by atoms with Gasteiger partial charge in [-0.05, 0) is 57.4 Å². The number of carbonyl (C=O) groups excluding carboxylic acids is 1. The van der Waals surface area contributed by atoms with E-state index in [9.17, 15) is 4.79 Å². The average molecular weight is 252 g/mol. The van der Waals surface area contributed by atoms with Crippen molar-refractivity contribution in [3.63, 3.8) is 0 Å². The van der Waals surface area contributed by atoms with Gasteiger partial charge in [-0.25, -0.2) is 0 Å². The zero-order valence-corrected chi connectivity index (χ0v) is 12.0. The molecule has 2 aliphatic rings. The van der Waals surface area contributed by atoms with Crippen molar-refractivity contribution in [2.45, 2.75) is 57.9 Å². The third-order valence-electron chi connectivity index (χ3n) is 4.85. The maximum absolute atomic E-state index is 12.2. The van der Waals surface area contributed by atoms with Crippen LogP contribution < -0.4 is 5.32 Å². The first-order chi connectivity index (χ1) is 8.69. The van der Waals surface area contributed by atoms with Crippen molar-refractivity contribution in [2.75, 3.05) is 20.1 Å². The van der Waals surface area contributed by atoms with E-state index in [1.807, 2.05) is 7.05 Å². The maximum atomic E-state index is 12.2. The van der Waals surface area contributed by atoms with Gasteiger partial charge in [-0.3, -0.25) is 4.79 Å². The van der Waals surface area contributed by atoms with Crippen LogP contribution in [0.1, 0.15) is 51.9 Å². The molecule has 1 aliphatic carbocycles. The number of hydrogen-bond acceptors (Lipinski definition) is 2. The Morgan fingerprint density at radius 2 is 1.72 bits per heavy atom. The zero-order valence-electron chi connectivity index (χ0n) is 12.0. The highest BCUT2D eigenvalue weighted by atomic mass is 16.2. The fraction of sp³-hybridized carbons (Fsp3) is 0.933. The second kappa shape index (κ2) is 6.55. The second-order valence-corrected chi connectivity index (χ2v) is 6.27. The predicted octanol–water partition coefficient (Wildman–Crippen LogP) is 2.41. The summed E-state index contributed by atoms with van der Waals surface area (Å²) in [6.45, 7) is 4.28. The van der Waals surface area contributed by atoms with Crippen molar-refractivity contribution in [3.05, 3.63) is 0 Å². The van der Waals surface area contributed by atoms with Gasteiger partial charge in [0.05, 0.1) is 0 Å². The smallest absolute Gasteiger partial charge is 0.222 e. The largest absolute Gasteiger partial charge is 0.343 e. The zero-order chi connectivity index (χ0) is 13.0. The van der Waals surface area contributed by atoms with Crippen LogP contribution in [0.4, 0.5) is 0 Å². The SMILES string of the molecule is CNC1CCC(CC(=O)N2CCC(C)CC2)CC1. The fourth-order valence-corrected chi connectivity index (χ4v) is 3.29. The van der Waals surface area contributed by atoms with Crippen molar-refractivity contribution < 1.29 is 4.79 Å². The van der Waals surface area contributed by atoms with E-state index >= 15 is 0 Å². The van der Waals surface area contributed by atoms with Crippen LogP contribution in [0.5, 0.6) is 0 Å². The lowest BCUT2D eigenvalue weighted by Gasteiger charge is -2.33. The molecule has 104 valence electrons. The summed E-state index contributed by atoms with van der Waals surface area (Å²) in [5, 5.41) is 3.35. The lowest BCUT2D eigenvalue weighted by atomic mass is 9.83. The summed E-state index contributed by atoms with van der Waals surface area (Å²) in [4.78, 5) is 14.3. The third-order valence-corrected chi connectivity index (χ3v) is 4.85. The minimum Gasteiger partial charge on any atom is -0.343 e. The van der Waals surface area contributed by atoms with Gasteiger partial charge in [-0.2, -0.15) is 0 Å².